The molecule has 0 aliphatic rings. The third-order valence-electron chi connectivity index (χ3n) is 2.04. The molecule has 0 saturated heterocycles. The van der Waals surface area contributed by atoms with Crippen molar-refractivity contribution >= 4 is 5.91 Å². The number of hydrazine groups is 1. The number of hydrogen-bond donors (Lipinski definition) is 2. The monoisotopic (exact) mass is 214 g/mol. The van der Waals surface area contributed by atoms with Crippen LogP contribution in [0.15, 0.2) is 42.6 Å². The largest absolute Gasteiger partial charge is 0.289 e. The van der Waals surface area contributed by atoms with E-state index >= 15 is 0 Å². The molecule has 16 heavy (non-hydrogen) atoms. The lowest BCUT2D eigenvalue weighted by Crippen LogP contribution is -2.30. The number of rotatable bonds is 2. The second-order valence-electron chi connectivity index (χ2n) is 3.10. The number of hydrogen-bond acceptors (Lipinski definition) is 4. The summed E-state index contributed by atoms with van der Waals surface area (Å²) in [5.74, 6) is 4.62. The van der Waals surface area contributed by atoms with Crippen LogP contribution in [0.2, 0.25) is 0 Å². The van der Waals surface area contributed by atoms with Gasteiger partial charge in [-0.1, -0.05) is 12.1 Å². The Morgan fingerprint density at radius 2 is 1.94 bits per heavy atom. The predicted octanol–water partition coefficient (Wildman–Crippen LogP) is 0.747. The Morgan fingerprint density at radius 1 is 1.12 bits per heavy atom. The molecule has 0 fully saturated rings. The summed E-state index contributed by atoms with van der Waals surface area (Å²) in [5, 5.41) is 0. The summed E-state index contributed by atoms with van der Waals surface area (Å²) in [6.45, 7) is 0. The molecule has 0 saturated carbocycles. The van der Waals surface area contributed by atoms with Crippen molar-refractivity contribution in [2.24, 2.45) is 5.84 Å². The maximum Gasteiger partial charge on any atom is 0.283 e. The molecule has 2 aromatic heterocycles. The lowest BCUT2D eigenvalue weighted by Gasteiger charge is -2.02. The molecule has 2 rings (SSSR count). The first-order valence-electron chi connectivity index (χ1n) is 4.70. The van der Waals surface area contributed by atoms with Gasteiger partial charge in [-0.3, -0.25) is 15.2 Å². The van der Waals surface area contributed by atoms with E-state index in [2.05, 4.69) is 9.97 Å². The summed E-state index contributed by atoms with van der Waals surface area (Å²) in [6.07, 6.45) is 1.67. The molecule has 5 nitrogen and oxygen atoms in total. The summed E-state index contributed by atoms with van der Waals surface area (Å²) >= 11 is 0. The van der Waals surface area contributed by atoms with Gasteiger partial charge in [-0.25, -0.2) is 10.8 Å². The van der Waals surface area contributed by atoms with E-state index in [4.69, 9.17) is 5.84 Å². The van der Waals surface area contributed by atoms with E-state index in [1.165, 1.54) is 0 Å². The van der Waals surface area contributed by atoms with Gasteiger partial charge in [-0.05, 0) is 24.3 Å². The van der Waals surface area contributed by atoms with Crippen molar-refractivity contribution in [3.05, 3.63) is 48.3 Å². The average Bonchev–Trinajstić information content (AvgIpc) is 2.39. The Kier molecular flexibility index (Phi) is 2.88. The van der Waals surface area contributed by atoms with Gasteiger partial charge < -0.3 is 0 Å². The highest BCUT2D eigenvalue weighted by atomic mass is 16.2. The molecule has 1 amide bonds. The molecule has 0 aromatic carbocycles. The lowest BCUT2D eigenvalue weighted by molar-refractivity contribution is 0.0949. The second-order valence-corrected chi connectivity index (χ2v) is 3.10. The van der Waals surface area contributed by atoms with Crippen LogP contribution in [0.5, 0.6) is 0 Å². The molecule has 3 N–H and O–H groups in total. The van der Waals surface area contributed by atoms with Crippen LogP contribution in [0, 0.1) is 0 Å². The zero-order chi connectivity index (χ0) is 11.4. The second kappa shape index (κ2) is 4.50. The van der Waals surface area contributed by atoms with Crippen LogP contribution in [0.1, 0.15) is 10.5 Å². The quantitative estimate of drug-likeness (QED) is 0.439. The van der Waals surface area contributed by atoms with Crippen LogP contribution in [-0.2, 0) is 0 Å². The van der Waals surface area contributed by atoms with Crippen molar-refractivity contribution in [2.45, 2.75) is 0 Å². The molecule has 0 atom stereocenters. The fourth-order valence-corrected chi connectivity index (χ4v) is 1.29. The molecule has 2 aromatic rings. The topological polar surface area (TPSA) is 80.9 Å². The minimum atomic E-state index is -0.419. The van der Waals surface area contributed by atoms with Crippen molar-refractivity contribution in [1.29, 1.82) is 0 Å². The zero-order valence-electron chi connectivity index (χ0n) is 8.42. The third-order valence-corrected chi connectivity index (χ3v) is 2.04. The number of nitrogen functional groups attached to an aromatic ring is 1. The number of aromatic nitrogens is 2. The molecule has 0 unspecified atom stereocenters. The number of carbonyl (C=O) groups excluding carboxylic acids is 1. The first-order valence-corrected chi connectivity index (χ1v) is 4.70. The van der Waals surface area contributed by atoms with Crippen LogP contribution >= 0.6 is 0 Å². The maximum absolute atomic E-state index is 11.3. The molecule has 0 aliphatic heterocycles. The van der Waals surface area contributed by atoms with Crippen LogP contribution in [0.25, 0.3) is 11.4 Å². The van der Waals surface area contributed by atoms with E-state index < -0.39 is 5.91 Å². The van der Waals surface area contributed by atoms with E-state index in [1.54, 1.807) is 24.4 Å². The van der Waals surface area contributed by atoms with Crippen LogP contribution in [0.4, 0.5) is 0 Å². The third kappa shape index (κ3) is 2.04. The molecule has 0 radical (unpaired) electrons. The molecule has 80 valence electrons. The van der Waals surface area contributed by atoms with Gasteiger partial charge in [-0.2, -0.15) is 0 Å². The normalized spacial score (nSPS) is 9.81. The van der Waals surface area contributed by atoms with E-state index in [-0.39, 0.29) is 5.69 Å². The van der Waals surface area contributed by atoms with Gasteiger partial charge in [0.1, 0.15) is 5.69 Å². The summed E-state index contributed by atoms with van der Waals surface area (Å²) in [4.78, 5) is 19.6. The first-order chi connectivity index (χ1) is 7.81. The summed E-state index contributed by atoms with van der Waals surface area (Å²) in [5.41, 5.74) is 3.66. The first kappa shape index (κ1) is 10.3. The van der Waals surface area contributed by atoms with Crippen molar-refractivity contribution in [3.8, 4) is 11.4 Å². The van der Waals surface area contributed by atoms with Gasteiger partial charge in [-0.15, -0.1) is 0 Å². The smallest absolute Gasteiger partial charge is 0.283 e. The van der Waals surface area contributed by atoms with Gasteiger partial charge in [0.25, 0.3) is 5.91 Å². The number of amides is 1. The number of pyridine rings is 2. The minimum Gasteiger partial charge on any atom is -0.289 e. The highest BCUT2D eigenvalue weighted by molar-refractivity contribution is 5.92. The van der Waals surface area contributed by atoms with E-state index in [9.17, 15) is 4.79 Å². The Morgan fingerprint density at radius 3 is 2.62 bits per heavy atom. The Hall–Kier alpha value is -2.27. The predicted molar refractivity (Wildman–Crippen MR) is 59.1 cm³/mol. The zero-order valence-corrected chi connectivity index (χ0v) is 8.42. The standard InChI is InChI=1S/C11H10N4O/c12-15-11(16)10-6-3-5-9(14-10)8-4-1-2-7-13-8/h1-7H,12H2,(H,15,16). The number of nitrogens with zero attached hydrogens (tertiary/aromatic N) is 2. The number of nitrogens with one attached hydrogen (secondary N) is 1. The van der Waals surface area contributed by atoms with Crippen LogP contribution in [0.3, 0.4) is 0 Å². The molecule has 0 aliphatic carbocycles. The Balaban J connectivity index is 2.40. The van der Waals surface area contributed by atoms with Crippen molar-refractivity contribution in [2.75, 3.05) is 0 Å². The summed E-state index contributed by atoms with van der Waals surface area (Å²) in [7, 11) is 0. The number of carbonyl (C=O) groups is 1. The maximum atomic E-state index is 11.3. The van der Waals surface area contributed by atoms with Crippen molar-refractivity contribution in [3.63, 3.8) is 0 Å². The van der Waals surface area contributed by atoms with Gasteiger partial charge >= 0.3 is 0 Å². The fraction of sp³-hybridized carbons (Fsp3) is 0. The highest BCUT2D eigenvalue weighted by Crippen LogP contribution is 2.13. The van der Waals surface area contributed by atoms with Gasteiger partial charge in [0.15, 0.2) is 0 Å². The van der Waals surface area contributed by atoms with E-state index in [0.29, 0.717) is 11.4 Å². The minimum absolute atomic E-state index is 0.269. The van der Waals surface area contributed by atoms with Crippen LogP contribution in [-0.4, -0.2) is 15.9 Å². The molecule has 0 bridgehead atoms. The molecular weight excluding hydrogens is 204 g/mol. The lowest BCUT2D eigenvalue weighted by atomic mass is 10.2. The fourth-order valence-electron chi connectivity index (χ4n) is 1.29. The number of nitrogens with two attached hydrogens (primary N) is 1. The molecule has 2 heterocycles. The Bertz CT molecular complexity index is 498. The van der Waals surface area contributed by atoms with Gasteiger partial charge in [0.05, 0.1) is 11.4 Å². The SMILES string of the molecule is NNC(=O)c1cccc(-c2ccccn2)n1. The summed E-state index contributed by atoms with van der Waals surface area (Å²) in [6, 6.07) is 10.6. The molecular formula is C11H10N4O. The van der Waals surface area contributed by atoms with Gasteiger partial charge in [0.2, 0.25) is 0 Å². The highest BCUT2D eigenvalue weighted by Gasteiger charge is 2.07. The average molecular weight is 214 g/mol. The Labute approximate surface area is 92.3 Å². The molecule has 5 heteroatoms. The van der Waals surface area contributed by atoms with Crippen LogP contribution < -0.4 is 11.3 Å². The summed E-state index contributed by atoms with van der Waals surface area (Å²) < 4.78 is 0. The van der Waals surface area contributed by atoms with Crippen molar-refractivity contribution in [1.82, 2.24) is 15.4 Å². The van der Waals surface area contributed by atoms with E-state index in [0.717, 1.165) is 0 Å². The van der Waals surface area contributed by atoms with Gasteiger partial charge in [0, 0.05) is 6.20 Å². The van der Waals surface area contributed by atoms with E-state index in [1.807, 2.05) is 23.6 Å². The van der Waals surface area contributed by atoms with Crippen molar-refractivity contribution < 1.29 is 4.79 Å². The molecule has 0 spiro atoms.